The van der Waals surface area contributed by atoms with Crippen LogP contribution >= 0.6 is 24.0 Å². The molecule has 7 heteroatoms. The molecule has 1 fully saturated rings. The molecular weight excluding hydrogens is 491 g/mol. The van der Waals surface area contributed by atoms with Gasteiger partial charge in [-0.25, -0.2) is 4.99 Å². The van der Waals surface area contributed by atoms with Gasteiger partial charge in [0.2, 0.25) is 0 Å². The number of aliphatic hydroxyl groups is 1. The number of guanidine groups is 1. The molecule has 1 saturated heterocycles. The Morgan fingerprint density at radius 3 is 2.50 bits per heavy atom. The van der Waals surface area contributed by atoms with E-state index in [9.17, 15) is 5.11 Å². The van der Waals surface area contributed by atoms with Crippen molar-refractivity contribution in [1.29, 1.82) is 0 Å². The number of hydrogen-bond acceptors (Lipinski definition) is 4. The largest absolute Gasteiger partial charge is 0.396 e. The minimum atomic E-state index is 0. The van der Waals surface area contributed by atoms with Crippen molar-refractivity contribution in [3.05, 3.63) is 29.8 Å². The van der Waals surface area contributed by atoms with E-state index in [-0.39, 0.29) is 24.0 Å². The minimum Gasteiger partial charge on any atom is -0.396 e. The number of piperidine rings is 1. The number of rotatable bonds is 11. The lowest BCUT2D eigenvalue weighted by atomic mass is 9.97. The van der Waals surface area contributed by atoms with E-state index in [1.54, 1.807) is 0 Å². The van der Waals surface area contributed by atoms with Gasteiger partial charge in [-0.3, -0.25) is 0 Å². The highest BCUT2D eigenvalue weighted by Crippen LogP contribution is 2.23. The van der Waals surface area contributed by atoms with E-state index in [1.165, 1.54) is 11.3 Å². The van der Waals surface area contributed by atoms with Crippen LogP contribution in [0.25, 0.3) is 0 Å². The molecule has 0 amide bonds. The van der Waals surface area contributed by atoms with Crippen molar-refractivity contribution in [2.24, 2.45) is 16.8 Å². The Morgan fingerprint density at radius 2 is 1.90 bits per heavy atom. The van der Waals surface area contributed by atoms with E-state index in [2.05, 4.69) is 60.6 Å². The van der Waals surface area contributed by atoms with Gasteiger partial charge in [-0.2, -0.15) is 0 Å². The van der Waals surface area contributed by atoms with Gasteiger partial charge >= 0.3 is 0 Å². The monoisotopic (exact) mass is 532 g/mol. The van der Waals surface area contributed by atoms with E-state index in [1.807, 2.05) is 0 Å². The molecule has 6 nitrogen and oxygen atoms in total. The highest BCUT2D eigenvalue weighted by Gasteiger charge is 2.18. The van der Waals surface area contributed by atoms with Gasteiger partial charge in [-0.15, -0.1) is 24.0 Å². The topological polar surface area (TPSA) is 69.1 Å². The lowest BCUT2D eigenvalue weighted by Crippen LogP contribution is -2.38. The van der Waals surface area contributed by atoms with Gasteiger partial charge in [0.15, 0.2) is 5.96 Å². The predicted octanol–water partition coefficient (Wildman–Crippen LogP) is 3.63. The molecule has 0 saturated carbocycles. The molecule has 3 N–H and O–H groups in total. The zero-order chi connectivity index (χ0) is 20.9. The van der Waals surface area contributed by atoms with Crippen LogP contribution in [0.4, 0.5) is 5.69 Å². The summed E-state index contributed by atoms with van der Waals surface area (Å²) in [5.74, 6) is 1.91. The second-order valence-electron chi connectivity index (χ2n) is 8.22. The Morgan fingerprint density at radius 1 is 1.20 bits per heavy atom. The Balaban J connectivity index is 0.00000450. The van der Waals surface area contributed by atoms with Gasteiger partial charge in [-0.1, -0.05) is 26.0 Å². The molecule has 0 aromatic heterocycles. The van der Waals surface area contributed by atoms with Crippen LogP contribution in [-0.4, -0.2) is 57.1 Å². The second kappa shape index (κ2) is 15.7. The molecule has 1 aromatic carbocycles. The summed E-state index contributed by atoms with van der Waals surface area (Å²) >= 11 is 0. The maximum Gasteiger partial charge on any atom is 0.191 e. The molecule has 0 spiro atoms. The summed E-state index contributed by atoms with van der Waals surface area (Å²) in [5, 5.41) is 16.0. The van der Waals surface area contributed by atoms with Crippen molar-refractivity contribution in [2.45, 2.75) is 46.6 Å². The molecule has 0 unspecified atom stereocenters. The van der Waals surface area contributed by atoms with Crippen LogP contribution in [0.3, 0.4) is 0 Å². The van der Waals surface area contributed by atoms with Crippen molar-refractivity contribution in [1.82, 2.24) is 10.6 Å². The first-order valence-electron chi connectivity index (χ1n) is 11.2. The van der Waals surface area contributed by atoms with Gasteiger partial charge in [0.1, 0.15) is 0 Å². The van der Waals surface area contributed by atoms with E-state index < -0.39 is 0 Å². The summed E-state index contributed by atoms with van der Waals surface area (Å²) in [6.07, 6.45) is 3.12. The van der Waals surface area contributed by atoms with E-state index in [0.29, 0.717) is 25.0 Å². The fourth-order valence-corrected chi connectivity index (χ4v) is 3.40. The number of nitrogens with zero attached hydrogens (tertiary/aromatic N) is 2. The zero-order valence-corrected chi connectivity index (χ0v) is 21.2. The molecule has 1 aliphatic rings. The quantitative estimate of drug-likeness (QED) is 0.176. The molecule has 2 rings (SSSR count). The highest BCUT2D eigenvalue weighted by atomic mass is 127. The number of hydrogen-bond donors (Lipinski definition) is 3. The van der Waals surface area contributed by atoms with E-state index in [0.717, 1.165) is 64.6 Å². The summed E-state index contributed by atoms with van der Waals surface area (Å²) in [6, 6.07) is 8.72. The first-order valence-corrected chi connectivity index (χ1v) is 11.2. The maximum atomic E-state index is 9.29. The normalized spacial score (nSPS) is 15.2. The molecule has 0 bridgehead atoms. The maximum absolute atomic E-state index is 9.29. The number of benzene rings is 1. The van der Waals surface area contributed by atoms with Crippen LogP contribution in [0.2, 0.25) is 0 Å². The molecule has 0 atom stereocenters. The minimum absolute atomic E-state index is 0. The van der Waals surface area contributed by atoms with Crippen molar-refractivity contribution in [2.75, 3.05) is 50.9 Å². The molecule has 1 aromatic rings. The van der Waals surface area contributed by atoms with Crippen LogP contribution in [-0.2, 0) is 11.3 Å². The summed E-state index contributed by atoms with van der Waals surface area (Å²) in [6.45, 7) is 12.7. The van der Waals surface area contributed by atoms with Gasteiger partial charge in [0.25, 0.3) is 0 Å². The van der Waals surface area contributed by atoms with Gasteiger partial charge < -0.3 is 25.4 Å². The number of aliphatic hydroxyl groups excluding tert-OH is 1. The van der Waals surface area contributed by atoms with E-state index >= 15 is 0 Å². The van der Waals surface area contributed by atoms with Crippen molar-refractivity contribution in [3.8, 4) is 0 Å². The Labute approximate surface area is 199 Å². The SMILES string of the molecule is CCNC(=NCc1ccc(N2CCC(CO)CC2)cc1)NCCCOCC(C)C.I. The Bertz CT molecular complexity index is 587. The number of halogens is 1. The molecule has 0 radical (unpaired) electrons. The number of anilines is 1. The highest BCUT2D eigenvalue weighted by molar-refractivity contribution is 14.0. The van der Waals surface area contributed by atoms with Crippen LogP contribution in [0.15, 0.2) is 29.3 Å². The summed E-state index contributed by atoms with van der Waals surface area (Å²) in [4.78, 5) is 7.11. The molecule has 30 heavy (non-hydrogen) atoms. The third-order valence-electron chi connectivity index (χ3n) is 5.15. The van der Waals surface area contributed by atoms with Crippen LogP contribution in [0.1, 0.15) is 45.6 Å². The zero-order valence-electron chi connectivity index (χ0n) is 18.9. The first kappa shape index (κ1) is 27.0. The lowest BCUT2D eigenvalue weighted by molar-refractivity contribution is 0.108. The molecule has 1 aliphatic heterocycles. The molecule has 1 heterocycles. The van der Waals surface area contributed by atoms with Crippen molar-refractivity contribution in [3.63, 3.8) is 0 Å². The van der Waals surface area contributed by atoms with Gasteiger partial charge in [-0.05, 0) is 55.7 Å². The predicted molar refractivity (Wildman–Crippen MR) is 137 cm³/mol. The number of ether oxygens (including phenoxy) is 1. The third-order valence-corrected chi connectivity index (χ3v) is 5.15. The Kier molecular flexibility index (Phi) is 14.1. The molecule has 172 valence electrons. The number of nitrogens with one attached hydrogen (secondary N) is 2. The van der Waals surface area contributed by atoms with Gasteiger partial charge in [0, 0.05) is 51.7 Å². The van der Waals surface area contributed by atoms with Crippen LogP contribution in [0, 0.1) is 11.8 Å². The summed E-state index contributed by atoms with van der Waals surface area (Å²) in [7, 11) is 0. The lowest BCUT2D eigenvalue weighted by Gasteiger charge is -2.32. The average molecular weight is 533 g/mol. The van der Waals surface area contributed by atoms with Crippen molar-refractivity contribution >= 4 is 35.6 Å². The van der Waals surface area contributed by atoms with Crippen molar-refractivity contribution < 1.29 is 9.84 Å². The first-order chi connectivity index (χ1) is 14.1. The summed E-state index contributed by atoms with van der Waals surface area (Å²) in [5.41, 5.74) is 2.47. The Hall–Kier alpha value is -1.06. The van der Waals surface area contributed by atoms with E-state index in [4.69, 9.17) is 9.73 Å². The fourth-order valence-electron chi connectivity index (χ4n) is 3.40. The number of aliphatic imine (C=N–C) groups is 1. The standard InChI is InChI=1S/C23H40N4O2.HI/c1-4-24-23(25-12-5-15-29-18-19(2)3)26-16-20-6-8-22(9-7-20)27-13-10-21(17-28)11-14-27;/h6-9,19,21,28H,4-5,10-18H2,1-3H3,(H2,24,25,26);1H. The summed E-state index contributed by atoms with van der Waals surface area (Å²) < 4.78 is 5.62. The van der Waals surface area contributed by atoms with Gasteiger partial charge in [0.05, 0.1) is 6.54 Å². The smallest absolute Gasteiger partial charge is 0.191 e. The van der Waals surface area contributed by atoms with Crippen LogP contribution in [0.5, 0.6) is 0 Å². The van der Waals surface area contributed by atoms with Crippen LogP contribution < -0.4 is 15.5 Å². The molecular formula is C23H41IN4O2. The second-order valence-corrected chi connectivity index (χ2v) is 8.22. The third kappa shape index (κ3) is 10.3. The fraction of sp³-hybridized carbons (Fsp3) is 0.696. The molecule has 0 aliphatic carbocycles. The average Bonchev–Trinajstić information content (AvgIpc) is 2.74.